The van der Waals surface area contributed by atoms with E-state index in [9.17, 15) is 4.39 Å². The second-order valence-corrected chi connectivity index (χ2v) is 5.45. The van der Waals surface area contributed by atoms with Crippen molar-refractivity contribution in [2.45, 2.75) is 19.4 Å². The summed E-state index contributed by atoms with van der Waals surface area (Å²) in [6.45, 7) is 2.03. The zero-order valence-corrected chi connectivity index (χ0v) is 11.7. The van der Waals surface area contributed by atoms with Crippen LogP contribution in [0.3, 0.4) is 0 Å². The summed E-state index contributed by atoms with van der Waals surface area (Å²) in [4.78, 5) is 4.48. The van der Waals surface area contributed by atoms with Crippen LogP contribution >= 0.6 is 27.3 Å². The SMILES string of the molecule is CCC(N)c1nc(-c2ccc(F)cc2Br)cs1. The highest BCUT2D eigenvalue weighted by Crippen LogP contribution is 2.31. The fourth-order valence-corrected chi connectivity index (χ4v) is 2.91. The van der Waals surface area contributed by atoms with Gasteiger partial charge in [0.25, 0.3) is 0 Å². The van der Waals surface area contributed by atoms with E-state index in [0.29, 0.717) is 4.47 Å². The van der Waals surface area contributed by atoms with E-state index in [2.05, 4.69) is 20.9 Å². The lowest BCUT2D eigenvalue weighted by Gasteiger charge is -2.03. The molecule has 0 spiro atoms. The van der Waals surface area contributed by atoms with Crippen molar-refractivity contribution in [2.75, 3.05) is 0 Å². The van der Waals surface area contributed by atoms with E-state index in [1.165, 1.54) is 23.5 Å². The number of nitrogens with two attached hydrogens (primary N) is 1. The monoisotopic (exact) mass is 314 g/mol. The second-order valence-electron chi connectivity index (χ2n) is 3.71. The van der Waals surface area contributed by atoms with Crippen LogP contribution in [-0.2, 0) is 0 Å². The summed E-state index contributed by atoms with van der Waals surface area (Å²) in [5.41, 5.74) is 7.64. The van der Waals surface area contributed by atoms with E-state index in [1.54, 1.807) is 6.07 Å². The molecule has 1 atom stereocenters. The number of hydrogen-bond acceptors (Lipinski definition) is 3. The van der Waals surface area contributed by atoms with E-state index in [0.717, 1.165) is 22.7 Å². The lowest BCUT2D eigenvalue weighted by Crippen LogP contribution is -2.07. The minimum atomic E-state index is -0.263. The highest BCUT2D eigenvalue weighted by molar-refractivity contribution is 9.10. The van der Waals surface area contributed by atoms with Crippen molar-refractivity contribution >= 4 is 27.3 Å². The highest BCUT2D eigenvalue weighted by Gasteiger charge is 2.12. The minimum absolute atomic E-state index is 0.0204. The maximum Gasteiger partial charge on any atom is 0.124 e. The number of halogens is 2. The first-order chi connectivity index (χ1) is 8.11. The predicted octanol–water partition coefficient (Wildman–Crippen LogP) is 4.12. The molecule has 5 heteroatoms. The van der Waals surface area contributed by atoms with Crippen LogP contribution in [0.15, 0.2) is 28.1 Å². The quantitative estimate of drug-likeness (QED) is 0.925. The third-order valence-electron chi connectivity index (χ3n) is 2.49. The molecule has 0 saturated heterocycles. The molecular formula is C12H12BrFN2S. The number of thiazole rings is 1. The first kappa shape index (κ1) is 12.7. The summed E-state index contributed by atoms with van der Waals surface area (Å²) in [6, 6.07) is 4.57. The lowest BCUT2D eigenvalue weighted by molar-refractivity contribution is 0.627. The van der Waals surface area contributed by atoms with E-state index >= 15 is 0 Å². The number of nitrogens with zero attached hydrogens (tertiary/aromatic N) is 1. The van der Waals surface area contributed by atoms with Crippen molar-refractivity contribution in [3.63, 3.8) is 0 Å². The topological polar surface area (TPSA) is 38.9 Å². The normalized spacial score (nSPS) is 12.7. The van der Waals surface area contributed by atoms with Gasteiger partial charge in [-0.1, -0.05) is 6.92 Å². The molecule has 0 saturated carbocycles. The van der Waals surface area contributed by atoms with Crippen molar-refractivity contribution in [2.24, 2.45) is 5.73 Å². The molecule has 90 valence electrons. The van der Waals surface area contributed by atoms with E-state index in [1.807, 2.05) is 12.3 Å². The van der Waals surface area contributed by atoms with Crippen LogP contribution in [0, 0.1) is 5.82 Å². The Balaban J connectivity index is 2.37. The Bertz CT molecular complexity index is 527. The van der Waals surface area contributed by atoms with Gasteiger partial charge in [0.15, 0.2) is 0 Å². The number of rotatable bonds is 3. The molecule has 0 aliphatic heterocycles. The van der Waals surface area contributed by atoms with Gasteiger partial charge in [-0.15, -0.1) is 11.3 Å². The van der Waals surface area contributed by atoms with Crippen molar-refractivity contribution in [3.8, 4) is 11.3 Å². The Morgan fingerprint density at radius 3 is 2.94 bits per heavy atom. The molecule has 2 aromatic rings. The molecule has 0 aliphatic rings. The molecule has 0 amide bonds. The van der Waals surface area contributed by atoms with E-state index in [4.69, 9.17) is 5.73 Å². The van der Waals surface area contributed by atoms with Crippen molar-refractivity contribution in [3.05, 3.63) is 38.9 Å². The molecule has 0 aliphatic carbocycles. The number of benzene rings is 1. The highest BCUT2D eigenvalue weighted by atomic mass is 79.9. The molecule has 2 N–H and O–H groups in total. The van der Waals surface area contributed by atoms with Gasteiger partial charge in [-0.3, -0.25) is 0 Å². The Morgan fingerprint density at radius 1 is 1.53 bits per heavy atom. The van der Waals surface area contributed by atoms with Crippen LogP contribution in [0.2, 0.25) is 0 Å². The molecule has 2 rings (SSSR count). The Labute approximate surface area is 112 Å². The first-order valence-corrected chi connectivity index (χ1v) is 6.95. The molecule has 2 nitrogen and oxygen atoms in total. The third-order valence-corrected chi connectivity index (χ3v) is 4.12. The van der Waals surface area contributed by atoms with Gasteiger partial charge < -0.3 is 5.73 Å². The second kappa shape index (κ2) is 5.25. The fraction of sp³-hybridized carbons (Fsp3) is 0.250. The molecule has 1 unspecified atom stereocenters. The molecule has 1 aromatic carbocycles. The van der Waals surface area contributed by atoms with E-state index in [-0.39, 0.29) is 11.9 Å². The largest absolute Gasteiger partial charge is 0.322 e. The van der Waals surface area contributed by atoms with Gasteiger partial charge in [0.2, 0.25) is 0 Å². The minimum Gasteiger partial charge on any atom is -0.322 e. The maximum atomic E-state index is 13.0. The summed E-state index contributed by atoms with van der Waals surface area (Å²) < 4.78 is 13.7. The molecular weight excluding hydrogens is 303 g/mol. The Kier molecular flexibility index (Phi) is 3.91. The fourth-order valence-electron chi connectivity index (χ4n) is 1.45. The zero-order valence-electron chi connectivity index (χ0n) is 9.28. The summed E-state index contributed by atoms with van der Waals surface area (Å²) in [7, 11) is 0. The van der Waals surface area contributed by atoms with Crippen LogP contribution < -0.4 is 5.73 Å². The molecule has 0 fully saturated rings. The van der Waals surface area contributed by atoms with Gasteiger partial charge in [-0.25, -0.2) is 9.37 Å². The third kappa shape index (κ3) is 2.73. The molecule has 1 heterocycles. The summed E-state index contributed by atoms with van der Waals surface area (Å²) >= 11 is 4.88. The average Bonchev–Trinajstić information content (AvgIpc) is 2.77. The molecule has 0 bridgehead atoms. The van der Waals surface area contributed by atoms with Gasteiger partial charge >= 0.3 is 0 Å². The Hall–Kier alpha value is -0.780. The molecule has 17 heavy (non-hydrogen) atoms. The summed E-state index contributed by atoms with van der Waals surface area (Å²) in [5, 5.41) is 2.86. The van der Waals surface area contributed by atoms with Crippen molar-refractivity contribution in [1.29, 1.82) is 0 Å². The standard InChI is InChI=1S/C12H12BrFN2S/c1-2-10(15)12-16-11(6-17-12)8-4-3-7(14)5-9(8)13/h3-6,10H,2,15H2,1H3. The molecule has 0 radical (unpaired) electrons. The lowest BCUT2D eigenvalue weighted by atomic mass is 10.2. The van der Waals surface area contributed by atoms with Gasteiger partial charge in [0, 0.05) is 15.4 Å². The zero-order chi connectivity index (χ0) is 12.4. The smallest absolute Gasteiger partial charge is 0.124 e. The number of hydrogen-bond donors (Lipinski definition) is 1. The van der Waals surface area contributed by atoms with Crippen molar-refractivity contribution in [1.82, 2.24) is 4.98 Å². The van der Waals surface area contributed by atoms with Crippen LogP contribution in [0.1, 0.15) is 24.4 Å². The van der Waals surface area contributed by atoms with Gasteiger partial charge in [0.05, 0.1) is 11.7 Å². The van der Waals surface area contributed by atoms with Crippen LogP contribution in [0.4, 0.5) is 4.39 Å². The van der Waals surface area contributed by atoms with Crippen LogP contribution in [0.25, 0.3) is 11.3 Å². The van der Waals surface area contributed by atoms with Gasteiger partial charge in [0.1, 0.15) is 10.8 Å². The van der Waals surface area contributed by atoms with Gasteiger partial charge in [-0.05, 0) is 40.5 Å². The average molecular weight is 315 g/mol. The Morgan fingerprint density at radius 2 is 2.29 bits per heavy atom. The van der Waals surface area contributed by atoms with E-state index < -0.39 is 0 Å². The maximum absolute atomic E-state index is 13.0. The first-order valence-electron chi connectivity index (χ1n) is 5.28. The predicted molar refractivity (Wildman–Crippen MR) is 72.4 cm³/mol. The molecule has 1 aromatic heterocycles. The van der Waals surface area contributed by atoms with Crippen molar-refractivity contribution < 1.29 is 4.39 Å². The number of aromatic nitrogens is 1. The van der Waals surface area contributed by atoms with Crippen LogP contribution in [0.5, 0.6) is 0 Å². The van der Waals surface area contributed by atoms with Crippen LogP contribution in [-0.4, -0.2) is 4.98 Å². The summed E-state index contributed by atoms with van der Waals surface area (Å²) in [5.74, 6) is -0.263. The summed E-state index contributed by atoms with van der Waals surface area (Å²) in [6.07, 6.45) is 0.859. The van der Waals surface area contributed by atoms with Gasteiger partial charge in [-0.2, -0.15) is 0 Å².